The largest absolute Gasteiger partial charge is 0.380 e. The van der Waals surface area contributed by atoms with Crippen LogP contribution in [0.3, 0.4) is 0 Å². The fourth-order valence-electron chi connectivity index (χ4n) is 1.20. The zero-order valence-electron chi connectivity index (χ0n) is 8.70. The molecule has 0 spiro atoms. The van der Waals surface area contributed by atoms with Gasteiger partial charge in [-0.05, 0) is 37.6 Å². The monoisotopic (exact) mass is 194 g/mol. The Morgan fingerprint density at radius 1 is 1.29 bits per heavy atom. The topological polar surface area (TPSA) is 34.1 Å². The fourth-order valence-corrected chi connectivity index (χ4v) is 1.20. The molecule has 0 bridgehead atoms. The lowest BCUT2D eigenvalue weighted by Crippen LogP contribution is -2.22. The number of hydrogen-bond donors (Lipinski definition) is 1. The average molecular weight is 194 g/mol. The van der Waals surface area contributed by atoms with Crippen molar-refractivity contribution in [2.75, 3.05) is 26.3 Å². The first-order chi connectivity index (χ1) is 6.93. The molecule has 14 heavy (non-hydrogen) atoms. The number of nitrogens with one attached hydrogen (secondary N) is 1. The SMILES string of the molecule is CCOCCNCCc1ccncc1. The summed E-state index contributed by atoms with van der Waals surface area (Å²) >= 11 is 0. The van der Waals surface area contributed by atoms with E-state index >= 15 is 0 Å². The van der Waals surface area contributed by atoms with Gasteiger partial charge in [0.15, 0.2) is 0 Å². The van der Waals surface area contributed by atoms with E-state index in [9.17, 15) is 0 Å². The molecule has 1 aromatic heterocycles. The van der Waals surface area contributed by atoms with Crippen LogP contribution in [0.1, 0.15) is 12.5 Å². The third-order valence-electron chi connectivity index (χ3n) is 1.97. The highest BCUT2D eigenvalue weighted by molar-refractivity contribution is 5.09. The Balaban J connectivity index is 1.99. The van der Waals surface area contributed by atoms with Crippen LogP contribution in [0, 0.1) is 0 Å². The van der Waals surface area contributed by atoms with Gasteiger partial charge in [0.1, 0.15) is 0 Å². The van der Waals surface area contributed by atoms with Crippen LogP contribution in [0.4, 0.5) is 0 Å². The predicted octanol–water partition coefficient (Wildman–Crippen LogP) is 1.25. The number of rotatable bonds is 7. The molecule has 0 amide bonds. The van der Waals surface area contributed by atoms with E-state index in [2.05, 4.69) is 10.3 Å². The molecule has 0 saturated carbocycles. The lowest BCUT2D eigenvalue weighted by atomic mass is 10.2. The molecule has 0 aromatic carbocycles. The van der Waals surface area contributed by atoms with Gasteiger partial charge in [-0.1, -0.05) is 0 Å². The molecule has 0 radical (unpaired) electrons. The van der Waals surface area contributed by atoms with E-state index in [1.165, 1.54) is 5.56 Å². The van der Waals surface area contributed by atoms with Gasteiger partial charge in [-0.3, -0.25) is 4.98 Å². The Labute approximate surface area is 85.5 Å². The number of pyridine rings is 1. The van der Waals surface area contributed by atoms with Gasteiger partial charge in [0.2, 0.25) is 0 Å². The lowest BCUT2D eigenvalue weighted by molar-refractivity contribution is 0.149. The van der Waals surface area contributed by atoms with Gasteiger partial charge in [-0.25, -0.2) is 0 Å². The second-order valence-corrected chi connectivity index (χ2v) is 3.05. The Kier molecular flexibility index (Phi) is 5.95. The normalized spacial score (nSPS) is 10.4. The summed E-state index contributed by atoms with van der Waals surface area (Å²) < 4.78 is 5.21. The minimum absolute atomic E-state index is 0.798. The molecule has 0 unspecified atom stereocenters. The van der Waals surface area contributed by atoms with E-state index in [0.717, 1.165) is 32.7 Å². The molecule has 0 aliphatic rings. The van der Waals surface area contributed by atoms with Gasteiger partial charge < -0.3 is 10.1 Å². The molecule has 0 atom stereocenters. The van der Waals surface area contributed by atoms with Crippen molar-refractivity contribution in [3.8, 4) is 0 Å². The van der Waals surface area contributed by atoms with Crippen molar-refractivity contribution in [1.29, 1.82) is 0 Å². The molecule has 0 saturated heterocycles. The Morgan fingerprint density at radius 2 is 2.07 bits per heavy atom. The van der Waals surface area contributed by atoms with Gasteiger partial charge in [-0.2, -0.15) is 0 Å². The second kappa shape index (κ2) is 7.47. The maximum absolute atomic E-state index is 5.21. The van der Waals surface area contributed by atoms with E-state index in [1.54, 1.807) is 0 Å². The van der Waals surface area contributed by atoms with Crippen molar-refractivity contribution in [3.05, 3.63) is 30.1 Å². The first kappa shape index (κ1) is 11.1. The van der Waals surface area contributed by atoms with Crippen molar-refractivity contribution in [1.82, 2.24) is 10.3 Å². The van der Waals surface area contributed by atoms with Crippen LogP contribution in [0.2, 0.25) is 0 Å². The summed E-state index contributed by atoms with van der Waals surface area (Å²) in [6.45, 7) is 5.53. The van der Waals surface area contributed by atoms with Crippen LogP contribution in [0.5, 0.6) is 0 Å². The van der Waals surface area contributed by atoms with E-state index in [1.807, 2.05) is 31.5 Å². The minimum atomic E-state index is 0.798. The molecular formula is C11H18N2O. The number of ether oxygens (including phenoxy) is 1. The summed E-state index contributed by atoms with van der Waals surface area (Å²) in [4.78, 5) is 3.97. The second-order valence-electron chi connectivity index (χ2n) is 3.05. The molecule has 1 aromatic rings. The van der Waals surface area contributed by atoms with Crippen molar-refractivity contribution >= 4 is 0 Å². The summed E-state index contributed by atoms with van der Waals surface area (Å²) in [5.74, 6) is 0. The van der Waals surface area contributed by atoms with Crippen LogP contribution in [-0.4, -0.2) is 31.3 Å². The number of nitrogens with zero attached hydrogens (tertiary/aromatic N) is 1. The van der Waals surface area contributed by atoms with Crippen LogP contribution >= 0.6 is 0 Å². The smallest absolute Gasteiger partial charge is 0.0590 e. The number of hydrogen-bond acceptors (Lipinski definition) is 3. The third kappa shape index (κ3) is 4.94. The average Bonchev–Trinajstić information content (AvgIpc) is 2.25. The first-order valence-corrected chi connectivity index (χ1v) is 5.11. The fraction of sp³-hybridized carbons (Fsp3) is 0.545. The molecule has 78 valence electrons. The van der Waals surface area contributed by atoms with E-state index in [-0.39, 0.29) is 0 Å². The van der Waals surface area contributed by atoms with Crippen LogP contribution in [0.15, 0.2) is 24.5 Å². The van der Waals surface area contributed by atoms with E-state index in [0.29, 0.717) is 0 Å². The molecule has 0 aliphatic carbocycles. The highest BCUT2D eigenvalue weighted by Crippen LogP contribution is 1.95. The minimum Gasteiger partial charge on any atom is -0.380 e. The lowest BCUT2D eigenvalue weighted by Gasteiger charge is -2.04. The first-order valence-electron chi connectivity index (χ1n) is 5.11. The molecule has 0 fully saturated rings. The molecule has 1 heterocycles. The maximum Gasteiger partial charge on any atom is 0.0590 e. The Morgan fingerprint density at radius 3 is 2.79 bits per heavy atom. The zero-order valence-corrected chi connectivity index (χ0v) is 8.70. The molecule has 1 rings (SSSR count). The quantitative estimate of drug-likeness (QED) is 0.663. The van der Waals surface area contributed by atoms with Gasteiger partial charge in [0.25, 0.3) is 0 Å². The molecule has 0 aliphatic heterocycles. The van der Waals surface area contributed by atoms with E-state index in [4.69, 9.17) is 4.74 Å². The molecule has 3 heteroatoms. The standard InChI is InChI=1S/C11H18N2O/c1-2-14-10-9-13-8-5-11-3-6-12-7-4-11/h3-4,6-7,13H,2,5,8-10H2,1H3. The summed E-state index contributed by atoms with van der Waals surface area (Å²) in [6.07, 6.45) is 4.71. The summed E-state index contributed by atoms with van der Waals surface area (Å²) in [6, 6.07) is 4.09. The predicted molar refractivity (Wildman–Crippen MR) is 57.3 cm³/mol. The Hall–Kier alpha value is -0.930. The summed E-state index contributed by atoms with van der Waals surface area (Å²) in [7, 11) is 0. The highest BCUT2D eigenvalue weighted by atomic mass is 16.5. The summed E-state index contributed by atoms with van der Waals surface area (Å²) in [5, 5.41) is 3.32. The molecule has 1 N–H and O–H groups in total. The van der Waals surface area contributed by atoms with Crippen LogP contribution in [-0.2, 0) is 11.2 Å². The van der Waals surface area contributed by atoms with Gasteiger partial charge in [-0.15, -0.1) is 0 Å². The third-order valence-corrected chi connectivity index (χ3v) is 1.97. The van der Waals surface area contributed by atoms with Crippen molar-refractivity contribution in [2.24, 2.45) is 0 Å². The summed E-state index contributed by atoms with van der Waals surface area (Å²) in [5.41, 5.74) is 1.32. The van der Waals surface area contributed by atoms with Crippen molar-refractivity contribution < 1.29 is 4.74 Å². The zero-order chi connectivity index (χ0) is 10.1. The van der Waals surface area contributed by atoms with Crippen molar-refractivity contribution in [2.45, 2.75) is 13.3 Å². The maximum atomic E-state index is 5.21. The number of aromatic nitrogens is 1. The van der Waals surface area contributed by atoms with Gasteiger partial charge >= 0.3 is 0 Å². The van der Waals surface area contributed by atoms with Gasteiger partial charge in [0, 0.05) is 25.5 Å². The van der Waals surface area contributed by atoms with Gasteiger partial charge in [0.05, 0.1) is 6.61 Å². The van der Waals surface area contributed by atoms with Crippen molar-refractivity contribution in [3.63, 3.8) is 0 Å². The Bertz CT molecular complexity index is 226. The van der Waals surface area contributed by atoms with E-state index < -0.39 is 0 Å². The molecular weight excluding hydrogens is 176 g/mol. The van der Waals surface area contributed by atoms with Crippen LogP contribution < -0.4 is 5.32 Å². The van der Waals surface area contributed by atoms with Crippen LogP contribution in [0.25, 0.3) is 0 Å². The highest BCUT2D eigenvalue weighted by Gasteiger charge is 1.91. The molecule has 3 nitrogen and oxygen atoms in total.